The molecule has 5 nitrogen and oxygen atoms in total. The molecule has 132 valence electrons. The lowest BCUT2D eigenvalue weighted by Crippen LogP contribution is -2.43. The smallest absolute Gasteiger partial charge is 0.191 e. The van der Waals surface area contributed by atoms with Crippen LogP contribution >= 0.6 is 24.0 Å². The van der Waals surface area contributed by atoms with E-state index in [1.807, 2.05) is 6.07 Å². The molecule has 2 N–H and O–H groups in total. The van der Waals surface area contributed by atoms with Gasteiger partial charge >= 0.3 is 0 Å². The lowest BCUT2D eigenvalue weighted by Gasteiger charge is -2.18. The first kappa shape index (κ1) is 22.1. The Kier molecular flexibility index (Phi) is 14.2. The van der Waals surface area contributed by atoms with Gasteiger partial charge in [-0.3, -0.25) is 4.99 Å². The molecule has 0 aliphatic heterocycles. The molecule has 0 fully saturated rings. The number of hydrogen-bond donors (Lipinski definition) is 2. The Balaban J connectivity index is 0.00000484. The first-order valence-corrected chi connectivity index (χ1v) is 7.84. The summed E-state index contributed by atoms with van der Waals surface area (Å²) in [6.07, 6.45) is 2.13. The van der Waals surface area contributed by atoms with Gasteiger partial charge in [-0.15, -0.1) is 24.0 Å². The van der Waals surface area contributed by atoms with Crippen molar-refractivity contribution >= 4 is 29.9 Å². The Morgan fingerprint density at radius 2 is 1.91 bits per heavy atom. The standard InChI is InChI=1S/C17H29N3O2.HI/c1-15(9-10-16-7-5-4-6-8-16)20-17(18-2)19-11-12-22-14-13-21-3;/h4-8,15H,9-14H2,1-3H3,(H2,18,19,20);1H. The molecule has 1 aromatic carbocycles. The summed E-state index contributed by atoms with van der Waals surface area (Å²) in [6, 6.07) is 10.9. The van der Waals surface area contributed by atoms with Crippen LogP contribution in [0.2, 0.25) is 0 Å². The van der Waals surface area contributed by atoms with Gasteiger partial charge < -0.3 is 20.1 Å². The van der Waals surface area contributed by atoms with Crippen LogP contribution in [-0.4, -0.2) is 52.5 Å². The van der Waals surface area contributed by atoms with Crippen molar-refractivity contribution in [3.8, 4) is 0 Å². The van der Waals surface area contributed by atoms with E-state index in [0.29, 0.717) is 25.9 Å². The van der Waals surface area contributed by atoms with Crippen LogP contribution in [0.15, 0.2) is 35.3 Å². The van der Waals surface area contributed by atoms with Crippen molar-refractivity contribution in [1.29, 1.82) is 0 Å². The van der Waals surface area contributed by atoms with E-state index in [4.69, 9.17) is 9.47 Å². The number of nitrogens with zero attached hydrogens (tertiary/aromatic N) is 1. The summed E-state index contributed by atoms with van der Waals surface area (Å²) in [5.41, 5.74) is 1.37. The number of methoxy groups -OCH3 is 1. The van der Waals surface area contributed by atoms with Crippen LogP contribution in [0.4, 0.5) is 0 Å². The number of benzene rings is 1. The van der Waals surface area contributed by atoms with E-state index in [0.717, 1.165) is 25.3 Å². The number of halogens is 1. The molecule has 0 spiro atoms. The first-order chi connectivity index (χ1) is 10.8. The van der Waals surface area contributed by atoms with E-state index >= 15 is 0 Å². The van der Waals surface area contributed by atoms with E-state index < -0.39 is 0 Å². The maximum atomic E-state index is 5.41. The summed E-state index contributed by atoms with van der Waals surface area (Å²) < 4.78 is 10.3. The van der Waals surface area contributed by atoms with Crippen molar-refractivity contribution in [3.05, 3.63) is 35.9 Å². The minimum atomic E-state index is 0. The minimum Gasteiger partial charge on any atom is -0.382 e. The zero-order valence-corrected chi connectivity index (χ0v) is 16.7. The molecule has 23 heavy (non-hydrogen) atoms. The average molecular weight is 435 g/mol. The molecule has 0 aliphatic rings. The molecule has 0 saturated carbocycles. The molecule has 1 aromatic rings. The highest BCUT2D eigenvalue weighted by Crippen LogP contribution is 2.04. The van der Waals surface area contributed by atoms with Gasteiger partial charge in [0.1, 0.15) is 0 Å². The predicted octanol–water partition coefficient (Wildman–Crippen LogP) is 2.45. The van der Waals surface area contributed by atoms with E-state index in [1.165, 1.54) is 5.56 Å². The van der Waals surface area contributed by atoms with Crippen LogP contribution in [0.25, 0.3) is 0 Å². The quantitative estimate of drug-likeness (QED) is 0.257. The maximum absolute atomic E-state index is 5.41. The van der Waals surface area contributed by atoms with Crippen molar-refractivity contribution < 1.29 is 9.47 Å². The van der Waals surface area contributed by atoms with Crippen LogP contribution in [0.3, 0.4) is 0 Å². The molecular formula is C17H30IN3O2. The largest absolute Gasteiger partial charge is 0.382 e. The minimum absolute atomic E-state index is 0. The number of guanidine groups is 1. The average Bonchev–Trinajstić information content (AvgIpc) is 2.56. The predicted molar refractivity (Wildman–Crippen MR) is 107 cm³/mol. The Labute approximate surface area is 157 Å². The number of aliphatic imine (C=N–C) groups is 1. The van der Waals surface area contributed by atoms with Crippen LogP contribution < -0.4 is 10.6 Å². The fourth-order valence-electron chi connectivity index (χ4n) is 2.01. The van der Waals surface area contributed by atoms with Gasteiger partial charge in [0.2, 0.25) is 0 Å². The van der Waals surface area contributed by atoms with Gasteiger partial charge in [0.15, 0.2) is 5.96 Å². The lowest BCUT2D eigenvalue weighted by atomic mass is 10.1. The molecule has 1 atom stereocenters. The molecule has 0 aliphatic carbocycles. The van der Waals surface area contributed by atoms with Crippen LogP contribution in [0.1, 0.15) is 18.9 Å². The SMILES string of the molecule is CN=C(NCCOCCOC)NC(C)CCc1ccccc1.I. The zero-order chi connectivity index (χ0) is 16.0. The molecule has 0 saturated heterocycles. The molecule has 1 unspecified atom stereocenters. The Bertz CT molecular complexity index is 416. The molecule has 0 amide bonds. The van der Waals surface area contributed by atoms with Gasteiger partial charge in [0.25, 0.3) is 0 Å². The van der Waals surface area contributed by atoms with Crippen molar-refractivity contribution in [2.75, 3.05) is 40.5 Å². The van der Waals surface area contributed by atoms with Gasteiger partial charge in [0, 0.05) is 26.7 Å². The topological polar surface area (TPSA) is 54.9 Å². The number of ether oxygens (including phenoxy) is 2. The second-order valence-electron chi connectivity index (χ2n) is 5.17. The zero-order valence-electron chi connectivity index (χ0n) is 14.4. The first-order valence-electron chi connectivity index (χ1n) is 7.84. The molecule has 0 radical (unpaired) electrons. The number of hydrogen-bond acceptors (Lipinski definition) is 3. The Morgan fingerprint density at radius 3 is 2.57 bits per heavy atom. The van der Waals surface area contributed by atoms with Gasteiger partial charge in [0.05, 0.1) is 19.8 Å². The number of aryl methyl sites for hydroxylation is 1. The van der Waals surface area contributed by atoms with Crippen LogP contribution in [-0.2, 0) is 15.9 Å². The molecular weight excluding hydrogens is 405 g/mol. The van der Waals surface area contributed by atoms with Crippen molar-refractivity contribution in [3.63, 3.8) is 0 Å². The summed E-state index contributed by atoms with van der Waals surface area (Å²) >= 11 is 0. The molecule has 6 heteroatoms. The Morgan fingerprint density at radius 1 is 1.17 bits per heavy atom. The van der Waals surface area contributed by atoms with Crippen LogP contribution in [0, 0.1) is 0 Å². The third kappa shape index (κ3) is 11.3. The molecule has 0 heterocycles. The van der Waals surface area contributed by atoms with E-state index in [2.05, 4.69) is 46.8 Å². The van der Waals surface area contributed by atoms with E-state index in [-0.39, 0.29) is 24.0 Å². The summed E-state index contributed by atoms with van der Waals surface area (Å²) in [5, 5.41) is 6.65. The number of rotatable bonds is 10. The van der Waals surface area contributed by atoms with E-state index in [1.54, 1.807) is 14.2 Å². The second-order valence-corrected chi connectivity index (χ2v) is 5.17. The summed E-state index contributed by atoms with van der Waals surface area (Å²) in [6.45, 7) is 4.79. The van der Waals surface area contributed by atoms with Gasteiger partial charge in [-0.2, -0.15) is 0 Å². The number of nitrogens with one attached hydrogen (secondary N) is 2. The third-order valence-electron chi connectivity index (χ3n) is 3.29. The van der Waals surface area contributed by atoms with Crippen molar-refractivity contribution in [2.24, 2.45) is 4.99 Å². The molecule has 0 bridgehead atoms. The highest BCUT2D eigenvalue weighted by molar-refractivity contribution is 14.0. The van der Waals surface area contributed by atoms with Crippen molar-refractivity contribution in [2.45, 2.75) is 25.8 Å². The fourth-order valence-corrected chi connectivity index (χ4v) is 2.01. The molecule has 0 aromatic heterocycles. The maximum Gasteiger partial charge on any atom is 0.191 e. The second kappa shape index (κ2) is 14.7. The van der Waals surface area contributed by atoms with Crippen molar-refractivity contribution in [1.82, 2.24) is 10.6 Å². The highest BCUT2D eigenvalue weighted by Gasteiger charge is 2.05. The van der Waals surface area contributed by atoms with Gasteiger partial charge in [-0.1, -0.05) is 30.3 Å². The summed E-state index contributed by atoms with van der Waals surface area (Å²) in [4.78, 5) is 4.23. The van der Waals surface area contributed by atoms with Crippen LogP contribution in [0.5, 0.6) is 0 Å². The molecule has 1 rings (SSSR count). The third-order valence-corrected chi connectivity index (χ3v) is 3.29. The van der Waals surface area contributed by atoms with E-state index in [9.17, 15) is 0 Å². The van der Waals surface area contributed by atoms with Gasteiger partial charge in [-0.25, -0.2) is 0 Å². The normalized spacial score (nSPS) is 12.4. The summed E-state index contributed by atoms with van der Waals surface area (Å²) in [5.74, 6) is 0.816. The van der Waals surface area contributed by atoms with Gasteiger partial charge in [-0.05, 0) is 25.3 Å². The fraction of sp³-hybridized carbons (Fsp3) is 0.588. The lowest BCUT2D eigenvalue weighted by molar-refractivity contribution is 0.0733. The monoisotopic (exact) mass is 435 g/mol. The Hall–Kier alpha value is -0.860. The summed E-state index contributed by atoms with van der Waals surface area (Å²) in [7, 11) is 3.45. The highest BCUT2D eigenvalue weighted by atomic mass is 127.